The lowest BCUT2D eigenvalue weighted by atomic mass is 10.4. The Kier molecular flexibility index (Phi) is 10.0. The first-order valence-electron chi connectivity index (χ1n) is 4.60. The molecule has 2 heteroatoms. The quantitative estimate of drug-likeness (QED) is 0.459. The van der Waals surface area contributed by atoms with Crippen molar-refractivity contribution in [3.05, 3.63) is 0 Å². The SMILES string of the molecule is CC#CCCOCCNCCC. The van der Waals surface area contributed by atoms with Gasteiger partial charge in [-0.3, -0.25) is 0 Å². The maximum absolute atomic E-state index is 5.32. The van der Waals surface area contributed by atoms with Crippen LogP contribution in [0, 0.1) is 11.8 Å². The van der Waals surface area contributed by atoms with Gasteiger partial charge in [0.2, 0.25) is 0 Å². The van der Waals surface area contributed by atoms with Crippen LogP contribution in [0.25, 0.3) is 0 Å². The Balaban J connectivity index is 2.84. The van der Waals surface area contributed by atoms with Gasteiger partial charge >= 0.3 is 0 Å². The minimum atomic E-state index is 0.759. The minimum absolute atomic E-state index is 0.759. The molecular weight excluding hydrogens is 150 g/mol. The van der Waals surface area contributed by atoms with Gasteiger partial charge in [-0.15, -0.1) is 11.8 Å². The molecule has 0 saturated carbocycles. The van der Waals surface area contributed by atoms with Crippen LogP contribution in [-0.2, 0) is 4.74 Å². The molecule has 70 valence electrons. The molecule has 0 aliphatic rings. The predicted molar refractivity (Wildman–Crippen MR) is 52.0 cm³/mol. The van der Waals surface area contributed by atoms with Crippen molar-refractivity contribution in [1.82, 2.24) is 5.32 Å². The number of ether oxygens (including phenoxy) is 1. The minimum Gasteiger partial charge on any atom is -0.379 e. The van der Waals surface area contributed by atoms with Crippen molar-refractivity contribution >= 4 is 0 Å². The van der Waals surface area contributed by atoms with Crippen LogP contribution in [0.15, 0.2) is 0 Å². The van der Waals surface area contributed by atoms with Crippen LogP contribution in [0.2, 0.25) is 0 Å². The zero-order valence-electron chi connectivity index (χ0n) is 8.15. The molecule has 0 heterocycles. The Morgan fingerprint density at radius 2 is 2.08 bits per heavy atom. The van der Waals surface area contributed by atoms with Crippen LogP contribution < -0.4 is 5.32 Å². The van der Waals surface area contributed by atoms with E-state index in [1.165, 1.54) is 6.42 Å². The van der Waals surface area contributed by atoms with Gasteiger partial charge in [0.05, 0.1) is 13.2 Å². The second-order valence-electron chi connectivity index (χ2n) is 2.54. The van der Waals surface area contributed by atoms with Gasteiger partial charge < -0.3 is 10.1 Å². The molecule has 0 aromatic rings. The largest absolute Gasteiger partial charge is 0.379 e. The molecule has 0 spiro atoms. The zero-order chi connectivity index (χ0) is 9.07. The molecule has 0 aliphatic heterocycles. The zero-order valence-corrected chi connectivity index (χ0v) is 8.15. The summed E-state index contributed by atoms with van der Waals surface area (Å²) < 4.78 is 5.32. The first kappa shape index (κ1) is 11.5. The molecule has 12 heavy (non-hydrogen) atoms. The summed E-state index contributed by atoms with van der Waals surface area (Å²) in [5.74, 6) is 5.79. The molecule has 2 nitrogen and oxygen atoms in total. The lowest BCUT2D eigenvalue weighted by molar-refractivity contribution is 0.142. The van der Waals surface area contributed by atoms with Crippen molar-refractivity contribution in [3.8, 4) is 11.8 Å². The van der Waals surface area contributed by atoms with Gasteiger partial charge in [0.25, 0.3) is 0 Å². The summed E-state index contributed by atoms with van der Waals surface area (Å²) in [5.41, 5.74) is 0. The number of hydrogen-bond acceptors (Lipinski definition) is 2. The summed E-state index contributed by atoms with van der Waals surface area (Å²) in [4.78, 5) is 0. The monoisotopic (exact) mass is 169 g/mol. The summed E-state index contributed by atoms with van der Waals surface area (Å²) >= 11 is 0. The van der Waals surface area contributed by atoms with Crippen molar-refractivity contribution in [2.75, 3.05) is 26.3 Å². The maximum Gasteiger partial charge on any atom is 0.0591 e. The molecule has 0 unspecified atom stereocenters. The summed E-state index contributed by atoms with van der Waals surface area (Å²) in [6.45, 7) is 7.60. The molecule has 0 rings (SSSR count). The smallest absolute Gasteiger partial charge is 0.0591 e. The average molecular weight is 169 g/mol. The van der Waals surface area contributed by atoms with E-state index in [1.54, 1.807) is 0 Å². The van der Waals surface area contributed by atoms with Gasteiger partial charge in [0.15, 0.2) is 0 Å². The summed E-state index contributed by atoms with van der Waals surface area (Å²) in [5, 5.41) is 3.26. The Hall–Kier alpha value is -0.520. The highest BCUT2D eigenvalue weighted by Gasteiger charge is 1.85. The van der Waals surface area contributed by atoms with Crippen LogP contribution in [-0.4, -0.2) is 26.3 Å². The second kappa shape index (κ2) is 10.5. The Morgan fingerprint density at radius 1 is 1.25 bits per heavy atom. The Morgan fingerprint density at radius 3 is 2.75 bits per heavy atom. The number of hydrogen-bond donors (Lipinski definition) is 1. The van der Waals surface area contributed by atoms with Crippen LogP contribution in [0.4, 0.5) is 0 Å². The lowest BCUT2D eigenvalue weighted by Crippen LogP contribution is -2.20. The van der Waals surface area contributed by atoms with E-state index in [-0.39, 0.29) is 0 Å². The molecule has 0 aromatic carbocycles. The van der Waals surface area contributed by atoms with Gasteiger partial charge in [0.1, 0.15) is 0 Å². The highest BCUT2D eigenvalue weighted by atomic mass is 16.5. The first-order valence-corrected chi connectivity index (χ1v) is 4.60. The van der Waals surface area contributed by atoms with Gasteiger partial charge in [-0.1, -0.05) is 6.92 Å². The van der Waals surface area contributed by atoms with Crippen LogP contribution in [0.5, 0.6) is 0 Å². The van der Waals surface area contributed by atoms with E-state index in [0.717, 1.165) is 32.7 Å². The van der Waals surface area contributed by atoms with Crippen molar-refractivity contribution < 1.29 is 4.74 Å². The predicted octanol–water partition coefficient (Wildman–Crippen LogP) is 1.42. The molecule has 0 fully saturated rings. The second-order valence-corrected chi connectivity index (χ2v) is 2.54. The third-order valence-corrected chi connectivity index (χ3v) is 1.40. The Bertz CT molecular complexity index is 135. The fraction of sp³-hybridized carbons (Fsp3) is 0.800. The highest BCUT2D eigenvalue weighted by molar-refractivity contribution is 4.94. The van der Waals surface area contributed by atoms with E-state index in [1.807, 2.05) is 6.92 Å². The molecule has 0 aromatic heterocycles. The van der Waals surface area contributed by atoms with Gasteiger partial charge in [-0.05, 0) is 19.9 Å². The molecule has 0 saturated heterocycles. The summed E-state index contributed by atoms with van der Waals surface area (Å²) in [6.07, 6.45) is 2.03. The van der Waals surface area contributed by atoms with Gasteiger partial charge in [0, 0.05) is 13.0 Å². The molecule has 0 radical (unpaired) electrons. The van der Waals surface area contributed by atoms with Gasteiger partial charge in [-0.2, -0.15) is 0 Å². The van der Waals surface area contributed by atoms with Crippen molar-refractivity contribution in [2.24, 2.45) is 0 Å². The fourth-order valence-electron chi connectivity index (χ4n) is 0.796. The maximum atomic E-state index is 5.32. The highest BCUT2D eigenvalue weighted by Crippen LogP contribution is 1.79. The third-order valence-electron chi connectivity index (χ3n) is 1.40. The van der Waals surface area contributed by atoms with Crippen molar-refractivity contribution in [2.45, 2.75) is 26.7 Å². The van der Waals surface area contributed by atoms with Gasteiger partial charge in [-0.25, -0.2) is 0 Å². The van der Waals surface area contributed by atoms with Crippen LogP contribution in [0.1, 0.15) is 26.7 Å². The van der Waals surface area contributed by atoms with Crippen LogP contribution >= 0.6 is 0 Å². The summed E-state index contributed by atoms with van der Waals surface area (Å²) in [6, 6.07) is 0. The molecule has 0 aliphatic carbocycles. The summed E-state index contributed by atoms with van der Waals surface area (Å²) in [7, 11) is 0. The van der Waals surface area contributed by atoms with E-state index >= 15 is 0 Å². The molecular formula is C10H19NO. The molecule has 0 amide bonds. The topological polar surface area (TPSA) is 21.3 Å². The first-order chi connectivity index (χ1) is 5.91. The lowest BCUT2D eigenvalue weighted by Gasteiger charge is -2.02. The Labute approximate surface area is 75.7 Å². The normalized spacial score (nSPS) is 9.17. The third kappa shape index (κ3) is 9.48. The van der Waals surface area contributed by atoms with E-state index in [9.17, 15) is 0 Å². The molecule has 0 atom stereocenters. The van der Waals surface area contributed by atoms with E-state index < -0.39 is 0 Å². The van der Waals surface area contributed by atoms with E-state index in [0.29, 0.717) is 0 Å². The fourth-order valence-corrected chi connectivity index (χ4v) is 0.796. The van der Waals surface area contributed by atoms with Crippen molar-refractivity contribution in [3.63, 3.8) is 0 Å². The number of rotatable bonds is 7. The van der Waals surface area contributed by atoms with Crippen molar-refractivity contribution in [1.29, 1.82) is 0 Å². The van der Waals surface area contributed by atoms with Crippen LogP contribution in [0.3, 0.4) is 0 Å². The molecule has 1 N–H and O–H groups in total. The average Bonchev–Trinajstić information content (AvgIpc) is 2.10. The van der Waals surface area contributed by atoms with E-state index in [4.69, 9.17) is 4.74 Å². The van der Waals surface area contributed by atoms with E-state index in [2.05, 4.69) is 24.1 Å². The molecule has 0 bridgehead atoms. The standard InChI is InChI=1S/C10H19NO/c1-3-5-6-9-12-10-8-11-7-4-2/h11H,4,6-10H2,1-2H3. The number of nitrogens with one attached hydrogen (secondary N) is 1.